The number of nitrogens with zero attached hydrogens (tertiary/aromatic N) is 1. The van der Waals surface area contributed by atoms with Gasteiger partial charge >= 0.3 is 5.97 Å². The van der Waals surface area contributed by atoms with E-state index in [1.54, 1.807) is 6.92 Å². The van der Waals surface area contributed by atoms with Gasteiger partial charge in [-0.15, -0.1) is 0 Å². The number of hydrogen-bond acceptors (Lipinski definition) is 6. The molecule has 0 aromatic carbocycles. The molecule has 0 radical (unpaired) electrons. The standard InChI is InChI=1S/C11H21NO5/c1-7-10(14)11(15)8(17-7)6-16-9(13)4-5-12(2)3/h7-8,10-11,14-15H,4-6H2,1-3H3. The number of carbonyl (C=O) groups is 1. The van der Waals surface area contributed by atoms with Crippen LogP contribution in [0.15, 0.2) is 0 Å². The fourth-order valence-corrected chi connectivity index (χ4v) is 1.63. The van der Waals surface area contributed by atoms with E-state index in [1.165, 1.54) is 0 Å². The number of aliphatic hydroxyl groups excluding tert-OH is 2. The SMILES string of the molecule is CC1OC(COC(=O)CCN(C)C)C(O)C1O. The first-order chi connectivity index (χ1) is 7.91. The van der Waals surface area contributed by atoms with Crippen molar-refractivity contribution in [1.82, 2.24) is 4.90 Å². The molecule has 1 saturated heterocycles. The summed E-state index contributed by atoms with van der Waals surface area (Å²) in [6.45, 7) is 2.27. The Morgan fingerprint density at radius 3 is 2.47 bits per heavy atom. The second-order valence-corrected chi connectivity index (χ2v) is 4.60. The van der Waals surface area contributed by atoms with Crippen molar-refractivity contribution in [2.45, 2.75) is 37.8 Å². The molecule has 0 aromatic rings. The van der Waals surface area contributed by atoms with Crippen LogP contribution in [0.5, 0.6) is 0 Å². The summed E-state index contributed by atoms with van der Waals surface area (Å²) >= 11 is 0. The Kier molecular flexibility index (Phi) is 5.32. The molecule has 100 valence electrons. The Bertz CT molecular complexity index is 258. The Hall–Kier alpha value is -0.690. The molecular formula is C11H21NO5. The monoisotopic (exact) mass is 247 g/mol. The lowest BCUT2D eigenvalue weighted by Gasteiger charge is -2.15. The van der Waals surface area contributed by atoms with Crippen molar-refractivity contribution in [2.75, 3.05) is 27.2 Å². The van der Waals surface area contributed by atoms with Crippen LogP contribution < -0.4 is 0 Å². The van der Waals surface area contributed by atoms with Crippen LogP contribution in [-0.4, -0.2) is 72.7 Å². The summed E-state index contributed by atoms with van der Waals surface area (Å²) in [5, 5.41) is 19.0. The Labute approximate surface area is 101 Å². The molecule has 6 nitrogen and oxygen atoms in total. The molecule has 6 heteroatoms. The van der Waals surface area contributed by atoms with Gasteiger partial charge in [0.2, 0.25) is 0 Å². The summed E-state index contributed by atoms with van der Waals surface area (Å²) in [6, 6.07) is 0. The van der Waals surface area contributed by atoms with E-state index >= 15 is 0 Å². The van der Waals surface area contributed by atoms with Crippen molar-refractivity contribution < 1.29 is 24.5 Å². The van der Waals surface area contributed by atoms with Crippen LogP contribution in [0.4, 0.5) is 0 Å². The maximum Gasteiger partial charge on any atom is 0.307 e. The minimum atomic E-state index is -0.994. The quantitative estimate of drug-likeness (QED) is 0.606. The highest BCUT2D eigenvalue weighted by Crippen LogP contribution is 2.21. The van der Waals surface area contributed by atoms with Gasteiger partial charge in [0, 0.05) is 6.54 Å². The average molecular weight is 247 g/mol. The molecule has 2 N–H and O–H groups in total. The lowest BCUT2D eigenvalue weighted by molar-refractivity contribution is -0.149. The van der Waals surface area contributed by atoms with Gasteiger partial charge in [-0.1, -0.05) is 0 Å². The van der Waals surface area contributed by atoms with Gasteiger partial charge in [0.1, 0.15) is 24.9 Å². The minimum Gasteiger partial charge on any atom is -0.463 e. The van der Waals surface area contributed by atoms with E-state index in [0.29, 0.717) is 13.0 Å². The van der Waals surface area contributed by atoms with E-state index in [2.05, 4.69) is 0 Å². The van der Waals surface area contributed by atoms with Crippen LogP contribution in [0.3, 0.4) is 0 Å². The summed E-state index contributed by atoms with van der Waals surface area (Å²) < 4.78 is 10.3. The first kappa shape index (κ1) is 14.4. The molecule has 1 aliphatic heterocycles. The zero-order valence-corrected chi connectivity index (χ0v) is 10.5. The maximum atomic E-state index is 11.3. The number of hydrogen-bond donors (Lipinski definition) is 2. The van der Waals surface area contributed by atoms with E-state index in [9.17, 15) is 15.0 Å². The third kappa shape index (κ3) is 4.23. The number of aliphatic hydroxyl groups is 2. The van der Waals surface area contributed by atoms with Crippen LogP contribution in [0, 0.1) is 0 Å². The largest absolute Gasteiger partial charge is 0.463 e. The number of ether oxygens (including phenoxy) is 2. The van der Waals surface area contributed by atoms with Crippen LogP contribution >= 0.6 is 0 Å². The molecule has 1 fully saturated rings. The van der Waals surface area contributed by atoms with Gasteiger partial charge in [-0.3, -0.25) is 4.79 Å². The molecule has 0 bridgehead atoms. The smallest absolute Gasteiger partial charge is 0.307 e. The van der Waals surface area contributed by atoms with Gasteiger partial charge in [-0.25, -0.2) is 0 Å². The fraction of sp³-hybridized carbons (Fsp3) is 0.909. The molecule has 1 heterocycles. The van der Waals surface area contributed by atoms with Crippen molar-refractivity contribution >= 4 is 5.97 Å². The first-order valence-corrected chi connectivity index (χ1v) is 5.73. The second-order valence-electron chi connectivity index (χ2n) is 4.60. The molecule has 4 unspecified atom stereocenters. The molecule has 1 rings (SSSR count). The molecule has 0 aromatic heterocycles. The maximum absolute atomic E-state index is 11.3. The van der Waals surface area contributed by atoms with E-state index < -0.39 is 24.4 Å². The topological polar surface area (TPSA) is 79.2 Å². The van der Waals surface area contributed by atoms with Gasteiger partial charge < -0.3 is 24.6 Å². The second kappa shape index (κ2) is 6.30. The lowest BCUT2D eigenvalue weighted by Crippen LogP contribution is -2.34. The number of esters is 1. The van der Waals surface area contributed by atoms with E-state index in [-0.39, 0.29) is 12.6 Å². The third-order valence-corrected chi connectivity index (χ3v) is 2.77. The van der Waals surface area contributed by atoms with Crippen molar-refractivity contribution in [3.63, 3.8) is 0 Å². The van der Waals surface area contributed by atoms with Crippen LogP contribution in [0.1, 0.15) is 13.3 Å². The molecule has 1 aliphatic rings. The van der Waals surface area contributed by atoms with Crippen LogP contribution in [0.25, 0.3) is 0 Å². The lowest BCUT2D eigenvalue weighted by atomic mass is 10.1. The molecule has 0 amide bonds. The normalized spacial score (nSPS) is 33.1. The molecule has 17 heavy (non-hydrogen) atoms. The Morgan fingerprint density at radius 1 is 1.35 bits per heavy atom. The van der Waals surface area contributed by atoms with Gasteiger partial charge in [-0.05, 0) is 21.0 Å². The first-order valence-electron chi connectivity index (χ1n) is 5.73. The summed E-state index contributed by atoms with van der Waals surface area (Å²) in [6.07, 6.45) is -2.68. The van der Waals surface area contributed by atoms with E-state index in [0.717, 1.165) is 0 Å². The minimum absolute atomic E-state index is 0.0190. The Morgan fingerprint density at radius 2 is 2.00 bits per heavy atom. The van der Waals surface area contributed by atoms with Crippen LogP contribution in [-0.2, 0) is 14.3 Å². The number of carbonyl (C=O) groups excluding carboxylic acids is 1. The zero-order chi connectivity index (χ0) is 13.0. The van der Waals surface area contributed by atoms with Gasteiger partial charge in [0.15, 0.2) is 0 Å². The summed E-state index contributed by atoms with van der Waals surface area (Å²) in [5.41, 5.74) is 0. The molecule has 4 atom stereocenters. The van der Waals surface area contributed by atoms with Crippen LogP contribution in [0.2, 0.25) is 0 Å². The molecular weight excluding hydrogens is 226 g/mol. The van der Waals surface area contributed by atoms with Crippen molar-refractivity contribution in [3.8, 4) is 0 Å². The fourth-order valence-electron chi connectivity index (χ4n) is 1.63. The van der Waals surface area contributed by atoms with Crippen molar-refractivity contribution in [1.29, 1.82) is 0 Å². The zero-order valence-electron chi connectivity index (χ0n) is 10.5. The van der Waals surface area contributed by atoms with Crippen molar-refractivity contribution in [2.24, 2.45) is 0 Å². The Balaban J connectivity index is 2.25. The summed E-state index contributed by atoms with van der Waals surface area (Å²) in [5.74, 6) is -0.330. The molecule has 0 aliphatic carbocycles. The summed E-state index contributed by atoms with van der Waals surface area (Å²) in [4.78, 5) is 13.2. The van der Waals surface area contributed by atoms with Gasteiger partial charge in [0.05, 0.1) is 12.5 Å². The molecule has 0 saturated carbocycles. The highest BCUT2D eigenvalue weighted by Gasteiger charge is 2.40. The van der Waals surface area contributed by atoms with E-state index in [1.807, 2.05) is 19.0 Å². The predicted molar refractivity (Wildman–Crippen MR) is 60.5 cm³/mol. The summed E-state index contributed by atoms with van der Waals surface area (Å²) in [7, 11) is 3.74. The van der Waals surface area contributed by atoms with E-state index in [4.69, 9.17) is 9.47 Å². The van der Waals surface area contributed by atoms with Gasteiger partial charge in [-0.2, -0.15) is 0 Å². The number of rotatable bonds is 5. The van der Waals surface area contributed by atoms with Gasteiger partial charge in [0.25, 0.3) is 0 Å². The third-order valence-electron chi connectivity index (χ3n) is 2.77. The average Bonchev–Trinajstić information content (AvgIpc) is 2.51. The predicted octanol–water partition coefficient (Wildman–Crippen LogP) is -1.01. The highest BCUT2D eigenvalue weighted by atomic mass is 16.6. The van der Waals surface area contributed by atoms with Crippen molar-refractivity contribution in [3.05, 3.63) is 0 Å². The highest BCUT2D eigenvalue weighted by molar-refractivity contribution is 5.69. The molecule has 0 spiro atoms.